The van der Waals surface area contributed by atoms with E-state index in [1.165, 1.54) is 0 Å². The lowest BCUT2D eigenvalue weighted by atomic mass is 10.1. The Kier molecular flexibility index (Phi) is 5.35. The quantitative estimate of drug-likeness (QED) is 0.794. The van der Waals surface area contributed by atoms with Crippen LogP contribution in [0.15, 0.2) is 42.5 Å². The van der Waals surface area contributed by atoms with Crippen molar-refractivity contribution in [3.8, 4) is 0 Å². The van der Waals surface area contributed by atoms with E-state index < -0.39 is 0 Å². The van der Waals surface area contributed by atoms with Crippen molar-refractivity contribution in [2.75, 3.05) is 49.7 Å². The molecule has 4 rings (SSSR count). The van der Waals surface area contributed by atoms with E-state index in [4.69, 9.17) is 16.3 Å². The molecule has 146 valence electrons. The highest BCUT2D eigenvalue weighted by Gasteiger charge is 2.32. The third-order valence-corrected chi connectivity index (χ3v) is 5.45. The molecule has 0 aromatic heterocycles. The molecule has 2 heterocycles. The van der Waals surface area contributed by atoms with Crippen molar-refractivity contribution in [3.05, 3.63) is 53.1 Å². The number of fused-ring (bicyclic) bond motifs is 2. The molecule has 2 aromatic rings. The van der Waals surface area contributed by atoms with Crippen molar-refractivity contribution in [1.82, 2.24) is 4.90 Å². The van der Waals surface area contributed by atoms with Gasteiger partial charge in [-0.25, -0.2) is 0 Å². The van der Waals surface area contributed by atoms with Crippen molar-refractivity contribution in [2.24, 2.45) is 0 Å². The first-order chi connectivity index (χ1) is 13.6. The van der Waals surface area contributed by atoms with Gasteiger partial charge in [0, 0.05) is 38.1 Å². The third-order valence-electron chi connectivity index (χ3n) is 5.21. The first-order valence-corrected chi connectivity index (χ1v) is 9.74. The van der Waals surface area contributed by atoms with E-state index in [1.54, 1.807) is 35.0 Å². The number of anilines is 3. The Labute approximate surface area is 169 Å². The lowest BCUT2D eigenvalue weighted by Gasteiger charge is -2.28. The number of benzene rings is 2. The van der Waals surface area contributed by atoms with Crippen molar-refractivity contribution in [3.63, 3.8) is 0 Å². The molecular formula is C21H22ClN3O3. The van der Waals surface area contributed by atoms with Crippen LogP contribution >= 0.6 is 11.6 Å². The summed E-state index contributed by atoms with van der Waals surface area (Å²) in [5.74, 6) is -0.237. The summed E-state index contributed by atoms with van der Waals surface area (Å²) in [7, 11) is 1.72. The van der Waals surface area contributed by atoms with Crippen LogP contribution in [0.3, 0.4) is 0 Å². The highest BCUT2D eigenvalue weighted by molar-refractivity contribution is 6.31. The molecule has 2 amide bonds. The molecule has 0 aliphatic carbocycles. The van der Waals surface area contributed by atoms with Gasteiger partial charge in [-0.2, -0.15) is 0 Å². The van der Waals surface area contributed by atoms with Crippen LogP contribution in [-0.2, 0) is 9.53 Å². The maximum absolute atomic E-state index is 13.3. The summed E-state index contributed by atoms with van der Waals surface area (Å²) in [6.45, 7) is 3.71. The molecule has 1 saturated heterocycles. The lowest BCUT2D eigenvalue weighted by molar-refractivity contribution is -0.118. The van der Waals surface area contributed by atoms with Gasteiger partial charge in [-0.15, -0.1) is 0 Å². The second kappa shape index (κ2) is 7.91. The summed E-state index contributed by atoms with van der Waals surface area (Å²) in [6.07, 6.45) is 0.355. The topological polar surface area (TPSA) is 53.1 Å². The smallest absolute Gasteiger partial charge is 0.260 e. The number of carbonyl (C=O) groups is 2. The summed E-state index contributed by atoms with van der Waals surface area (Å²) in [6, 6.07) is 12.5. The van der Waals surface area contributed by atoms with Gasteiger partial charge in [0.25, 0.3) is 5.91 Å². The first kappa shape index (κ1) is 18.9. The normalized spacial score (nSPS) is 17.1. The highest BCUT2D eigenvalue weighted by atomic mass is 35.5. The van der Waals surface area contributed by atoms with Gasteiger partial charge >= 0.3 is 0 Å². The van der Waals surface area contributed by atoms with Gasteiger partial charge in [0.2, 0.25) is 5.91 Å². The molecule has 28 heavy (non-hydrogen) atoms. The zero-order valence-corrected chi connectivity index (χ0v) is 16.5. The molecule has 0 saturated carbocycles. The van der Waals surface area contributed by atoms with Gasteiger partial charge in [0.1, 0.15) is 0 Å². The van der Waals surface area contributed by atoms with E-state index in [2.05, 4.69) is 4.90 Å². The average Bonchev–Trinajstić information content (AvgIpc) is 2.81. The van der Waals surface area contributed by atoms with E-state index >= 15 is 0 Å². The van der Waals surface area contributed by atoms with Crippen molar-refractivity contribution < 1.29 is 14.3 Å². The lowest BCUT2D eigenvalue weighted by Crippen LogP contribution is -2.39. The summed E-state index contributed by atoms with van der Waals surface area (Å²) in [4.78, 5) is 31.8. The average molecular weight is 400 g/mol. The number of para-hydroxylation sites is 2. The Hall–Kier alpha value is -2.41. The monoisotopic (exact) mass is 399 g/mol. The SMILES string of the molecule is CN1C(=O)c2cc(Cl)ccc2N(C(=O)CCN2CCOCC2)c2ccccc21. The molecule has 2 aromatic carbocycles. The van der Waals surface area contributed by atoms with E-state index in [0.717, 1.165) is 13.1 Å². The number of nitrogens with zero attached hydrogens (tertiary/aromatic N) is 3. The largest absolute Gasteiger partial charge is 0.379 e. The molecule has 6 nitrogen and oxygen atoms in total. The Morgan fingerprint density at radius 2 is 1.79 bits per heavy atom. The number of hydrogen-bond acceptors (Lipinski definition) is 4. The second-order valence-corrected chi connectivity index (χ2v) is 7.38. The van der Waals surface area contributed by atoms with Gasteiger partial charge in [-0.1, -0.05) is 23.7 Å². The fourth-order valence-electron chi connectivity index (χ4n) is 3.69. The van der Waals surface area contributed by atoms with E-state index in [0.29, 0.717) is 53.8 Å². The first-order valence-electron chi connectivity index (χ1n) is 9.36. The Balaban J connectivity index is 1.72. The number of carbonyl (C=O) groups excluding carboxylic acids is 2. The zero-order valence-electron chi connectivity index (χ0n) is 15.7. The van der Waals surface area contributed by atoms with E-state index in [1.807, 2.05) is 24.3 Å². The van der Waals surface area contributed by atoms with Crippen molar-refractivity contribution >= 4 is 40.5 Å². The molecule has 2 aliphatic rings. The van der Waals surface area contributed by atoms with Gasteiger partial charge in [0.05, 0.1) is 35.8 Å². The van der Waals surface area contributed by atoms with Crippen LogP contribution in [0.2, 0.25) is 5.02 Å². The van der Waals surface area contributed by atoms with Gasteiger partial charge in [0.15, 0.2) is 0 Å². The zero-order chi connectivity index (χ0) is 19.7. The summed E-state index contributed by atoms with van der Waals surface area (Å²) in [5.41, 5.74) is 2.38. The van der Waals surface area contributed by atoms with Crippen LogP contribution in [0.5, 0.6) is 0 Å². The summed E-state index contributed by atoms with van der Waals surface area (Å²) < 4.78 is 5.37. The minimum absolute atomic E-state index is 0.0504. The molecule has 7 heteroatoms. The third kappa shape index (κ3) is 3.51. The van der Waals surface area contributed by atoms with Gasteiger partial charge < -0.3 is 9.64 Å². The number of morpholine rings is 1. The second-order valence-electron chi connectivity index (χ2n) is 6.95. The molecule has 1 fully saturated rings. The van der Waals surface area contributed by atoms with Crippen LogP contribution in [-0.4, -0.2) is 56.6 Å². The minimum atomic E-state index is -0.187. The summed E-state index contributed by atoms with van der Waals surface area (Å²) in [5, 5.41) is 0.465. The molecule has 0 atom stereocenters. The van der Waals surface area contributed by atoms with Crippen LogP contribution in [0.1, 0.15) is 16.8 Å². The van der Waals surface area contributed by atoms with Crippen LogP contribution in [0.4, 0.5) is 17.1 Å². The van der Waals surface area contributed by atoms with Crippen LogP contribution in [0, 0.1) is 0 Å². The number of ether oxygens (including phenoxy) is 1. The molecule has 2 aliphatic heterocycles. The summed E-state index contributed by atoms with van der Waals surface area (Å²) >= 11 is 6.15. The molecule has 0 bridgehead atoms. The number of halogens is 1. The fourth-order valence-corrected chi connectivity index (χ4v) is 3.86. The van der Waals surface area contributed by atoms with Crippen molar-refractivity contribution in [2.45, 2.75) is 6.42 Å². The fraction of sp³-hybridized carbons (Fsp3) is 0.333. The van der Waals surface area contributed by atoms with Gasteiger partial charge in [-0.3, -0.25) is 19.4 Å². The predicted molar refractivity (Wildman–Crippen MR) is 110 cm³/mol. The number of rotatable bonds is 3. The molecule has 0 unspecified atom stereocenters. The number of amides is 2. The van der Waals surface area contributed by atoms with Crippen molar-refractivity contribution in [1.29, 1.82) is 0 Å². The molecule has 0 N–H and O–H groups in total. The van der Waals surface area contributed by atoms with E-state index in [9.17, 15) is 9.59 Å². The Morgan fingerprint density at radius 3 is 2.54 bits per heavy atom. The minimum Gasteiger partial charge on any atom is -0.379 e. The van der Waals surface area contributed by atoms with Crippen LogP contribution in [0.25, 0.3) is 0 Å². The maximum atomic E-state index is 13.3. The van der Waals surface area contributed by atoms with Gasteiger partial charge in [-0.05, 0) is 30.3 Å². The molecule has 0 spiro atoms. The Morgan fingerprint density at radius 1 is 1.07 bits per heavy atom. The van der Waals surface area contributed by atoms with E-state index in [-0.39, 0.29) is 11.8 Å². The number of hydrogen-bond donors (Lipinski definition) is 0. The predicted octanol–water partition coefficient (Wildman–Crippen LogP) is 3.32. The molecule has 0 radical (unpaired) electrons. The maximum Gasteiger partial charge on any atom is 0.260 e. The van der Waals surface area contributed by atoms with Crippen LogP contribution < -0.4 is 9.80 Å². The highest BCUT2D eigenvalue weighted by Crippen LogP contribution is 2.41. The molecular weight excluding hydrogens is 378 g/mol. The standard InChI is InChI=1S/C21H22ClN3O3/c1-23-18-4-2-3-5-19(18)25(17-7-6-15(22)14-16(17)21(23)27)20(26)8-9-24-10-12-28-13-11-24/h2-7,14H,8-13H2,1H3. The Bertz CT molecular complexity index is 912.